The first-order chi connectivity index (χ1) is 15.6. The lowest BCUT2D eigenvalue weighted by atomic mass is 10.0. The van der Waals surface area contributed by atoms with Crippen LogP contribution in [0, 0.1) is 0 Å². The van der Waals surface area contributed by atoms with Crippen molar-refractivity contribution in [1.82, 2.24) is 10.2 Å². The minimum atomic E-state index is -4.62. The molecule has 0 fully saturated rings. The molecule has 0 aliphatic carbocycles. The van der Waals surface area contributed by atoms with Crippen LogP contribution < -0.4 is 10.5 Å². The fourth-order valence-corrected chi connectivity index (χ4v) is 4.13. The summed E-state index contributed by atoms with van der Waals surface area (Å²) in [6.45, 7) is 1.65. The normalized spacial score (nSPS) is 13.5. The Bertz CT molecular complexity index is 1090. The Kier molecular flexibility index (Phi) is 7.70. The molecule has 3 rings (SSSR count). The summed E-state index contributed by atoms with van der Waals surface area (Å²) in [5, 5.41) is 17.2. The second-order valence-electron chi connectivity index (χ2n) is 7.90. The zero-order valence-electron chi connectivity index (χ0n) is 17.9. The van der Waals surface area contributed by atoms with E-state index < -0.39 is 23.2 Å². The van der Waals surface area contributed by atoms with Gasteiger partial charge in [-0.25, -0.2) is 0 Å². The van der Waals surface area contributed by atoms with Crippen LogP contribution in [0.25, 0.3) is 10.6 Å². The summed E-state index contributed by atoms with van der Waals surface area (Å²) in [6.07, 6.45) is -2.75. The van der Waals surface area contributed by atoms with Crippen LogP contribution in [0.5, 0.6) is 5.75 Å². The average Bonchev–Trinajstić information content (AvgIpc) is 3.24. The maximum atomic E-state index is 13.7. The van der Waals surface area contributed by atoms with Crippen molar-refractivity contribution in [2.75, 3.05) is 6.61 Å². The third kappa shape index (κ3) is 6.75. The highest BCUT2D eigenvalue weighted by Crippen LogP contribution is 2.40. The number of carboxylic acids is 1. The average molecular weight is 480 g/mol. The lowest BCUT2D eigenvalue weighted by molar-refractivity contribution is -0.139. The number of halogens is 3. The van der Waals surface area contributed by atoms with Crippen molar-refractivity contribution in [3.8, 4) is 16.3 Å². The van der Waals surface area contributed by atoms with Crippen LogP contribution in [-0.4, -0.2) is 27.9 Å². The van der Waals surface area contributed by atoms with Crippen LogP contribution in [-0.2, 0) is 22.9 Å². The second-order valence-corrected chi connectivity index (χ2v) is 8.88. The molecule has 0 radical (unpaired) electrons. The molecule has 1 aromatic heterocycles. The van der Waals surface area contributed by atoms with Gasteiger partial charge >= 0.3 is 12.1 Å². The smallest absolute Gasteiger partial charge is 0.419 e. The minimum Gasteiger partial charge on any atom is -0.493 e. The zero-order valence-corrected chi connectivity index (χ0v) is 18.7. The number of aryl methyl sites for hydroxylation is 1. The first-order valence-electron chi connectivity index (χ1n) is 10.3. The van der Waals surface area contributed by atoms with Gasteiger partial charge in [-0.1, -0.05) is 41.7 Å². The van der Waals surface area contributed by atoms with Gasteiger partial charge in [0.2, 0.25) is 0 Å². The van der Waals surface area contributed by atoms with Gasteiger partial charge in [-0.15, -0.1) is 10.2 Å². The predicted molar refractivity (Wildman–Crippen MR) is 119 cm³/mol. The molecular weight excluding hydrogens is 455 g/mol. The molecule has 6 nitrogen and oxygen atoms in total. The number of ether oxygens (including phenoxy) is 1. The summed E-state index contributed by atoms with van der Waals surface area (Å²) < 4.78 is 46.5. The fraction of sp³-hybridized carbons (Fsp3) is 0.348. The highest BCUT2D eigenvalue weighted by Gasteiger charge is 2.35. The first kappa shape index (κ1) is 24.7. The number of nitrogens with zero attached hydrogens (tertiary/aromatic N) is 2. The molecule has 33 heavy (non-hydrogen) atoms. The van der Waals surface area contributed by atoms with Gasteiger partial charge in [0.05, 0.1) is 24.1 Å². The van der Waals surface area contributed by atoms with Gasteiger partial charge in [0.25, 0.3) is 0 Å². The molecule has 0 unspecified atom stereocenters. The molecule has 0 amide bonds. The van der Waals surface area contributed by atoms with Crippen molar-refractivity contribution >= 4 is 17.3 Å². The van der Waals surface area contributed by atoms with Gasteiger partial charge in [0, 0.05) is 5.56 Å². The molecule has 0 saturated carbocycles. The SMILES string of the molecule is C[C@](N)(CC(=O)O)c1nnc(-c2ccc(OCCCCc3ccccc3)c(C(F)(F)F)c2)s1. The third-order valence-electron chi connectivity index (χ3n) is 4.92. The summed E-state index contributed by atoms with van der Waals surface area (Å²) in [4.78, 5) is 11.0. The van der Waals surface area contributed by atoms with Gasteiger partial charge in [-0.3, -0.25) is 4.79 Å². The molecule has 1 atom stereocenters. The summed E-state index contributed by atoms with van der Waals surface area (Å²) in [7, 11) is 0. The Morgan fingerprint density at radius 3 is 2.52 bits per heavy atom. The summed E-state index contributed by atoms with van der Waals surface area (Å²) in [5.74, 6) is -1.35. The molecule has 0 bridgehead atoms. The number of carboxylic acid groups (broad SMARTS) is 1. The van der Waals surface area contributed by atoms with E-state index in [1.54, 1.807) is 0 Å². The number of benzene rings is 2. The van der Waals surface area contributed by atoms with E-state index >= 15 is 0 Å². The van der Waals surface area contributed by atoms with Gasteiger partial charge in [0.15, 0.2) is 0 Å². The van der Waals surface area contributed by atoms with E-state index in [0.29, 0.717) is 6.42 Å². The highest BCUT2D eigenvalue weighted by atomic mass is 32.1. The molecule has 1 heterocycles. The van der Waals surface area contributed by atoms with Crippen molar-refractivity contribution in [2.45, 2.75) is 44.3 Å². The van der Waals surface area contributed by atoms with Crippen molar-refractivity contribution < 1.29 is 27.8 Å². The van der Waals surface area contributed by atoms with E-state index in [0.717, 1.165) is 30.2 Å². The topological polar surface area (TPSA) is 98.3 Å². The molecular formula is C23H24F3N3O3S. The molecule has 0 aliphatic rings. The quantitative estimate of drug-likeness (QED) is 0.384. The Morgan fingerprint density at radius 1 is 1.12 bits per heavy atom. The fourth-order valence-electron chi connectivity index (χ4n) is 3.23. The third-order valence-corrected chi connectivity index (χ3v) is 6.18. The minimum absolute atomic E-state index is 0.166. The molecule has 3 aromatic rings. The van der Waals surface area contributed by atoms with Gasteiger partial charge in [0.1, 0.15) is 15.8 Å². The van der Waals surface area contributed by atoms with Crippen molar-refractivity contribution in [2.24, 2.45) is 5.73 Å². The Balaban J connectivity index is 1.70. The maximum absolute atomic E-state index is 13.7. The van der Waals surface area contributed by atoms with E-state index in [9.17, 15) is 18.0 Å². The van der Waals surface area contributed by atoms with E-state index in [4.69, 9.17) is 15.6 Å². The first-order valence-corrected chi connectivity index (χ1v) is 11.1. The Hall–Kier alpha value is -2.98. The standard InChI is InChI=1S/C23H24F3N3O3S/c1-22(27,14-19(30)31)21-29-28-20(33-21)16-10-11-18(17(13-16)23(24,25)26)32-12-6-5-9-15-7-3-2-4-8-15/h2-4,7-8,10-11,13H,5-6,9,12,14,27H2,1H3,(H,30,31)/t22-/m0/s1. The number of alkyl halides is 3. The second kappa shape index (κ2) is 10.3. The Labute approximate surface area is 193 Å². The monoisotopic (exact) mass is 479 g/mol. The van der Waals surface area contributed by atoms with Crippen LogP contribution in [0.3, 0.4) is 0 Å². The van der Waals surface area contributed by atoms with E-state index in [2.05, 4.69) is 10.2 Å². The molecule has 0 saturated heterocycles. The summed E-state index contributed by atoms with van der Waals surface area (Å²) in [6, 6.07) is 13.6. The number of hydrogen-bond donors (Lipinski definition) is 2. The molecule has 3 N–H and O–H groups in total. The van der Waals surface area contributed by atoms with Crippen molar-refractivity contribution in [1.29, 1.82) is 0 Å². The van der Waals surface area contributed by atoms with Crippen LogP contribution in [0.15, 0.2) is 48.5 Å². The number of rotatable bonds is 10. The molecule has 0 aliphatic heterocycles. The highest BCUT2D eigenvalue weighted by molar-refractivity contribution is 7.14. The predicted octanol–water partition coefficient (Wildman–Crippen LogP) is 5.27. The van der Waals surface area contributed by atoms with Gasteiger partial charge in [-0.2, -0.15) is 13.2 Å². The maximum Gasteiger partial charge on any atom is 0.419 e. The Morgan fingerprint density at radius 2 is 1.85 bits per heavy atom. The van der Waals surface area contributed by atoms with E-state index in [-0.39, 0.29) is 34.4 Å². The van der Waals surface area contributed by atoms with Gasteiger partial charge in [-0.05, 0) is 49.9 Å². The number of hydrogen-bond acceptors (Lipinski definition) is 6. The van der Waals surface area contributed by atoms with Crippen molar-refractivity contribution in [3.05, 3.63) is 64.7 Å². The van der Waals surface area contributed by atoms with E-state index in [1.165, 1.54) is 24.6 Å². The number of aliphatic carboxylic acids is 1. The zero-order chi connectivity index (χ0) is 24.1. The molecule has 2 aromatic carbocycles. The lowest BCUT2D eigenvalue weighted by Gasteiger charge is -2.18. The largest absolute Gasteiger partial charge is 0.493 e. The summed E-state index contributed by atoms with van der Waals surface area (Å²) >= 11 is 0.964. The number of nitrogens with two attached hydrogens (primary N) is 1. The molecule has 0 spiro atoms. The van der Waals surface area contributed by atoms with Crippen LogP contribution in [0.2, 0.25) is 0 Å². The number of carbonyl (C=O) groups is 1. The van der Waals surface area contributed by atoms with Crippen LogP contribution in [0.4, 0.5) is 13.2 Å². The van der Waals surface area contributed by atoms with Crippen molar-refractivity contribution in [3.63, 3.8) is 0 Å². The van der Waals surface area contributed by atoms with Crippen LogP contribution >= 0.6 is 11.3 Å². The number of unbranched alkanes of at least 4 members (excludes halogenated alkanes) is 1. The van der Waals surface area contributed by atoms with Gasteiger partial charge < -0.3 is 15.6 Å². The summed E-state index contributed by atoms with van der Waals surface area (Å²) in [5.41, 5.74) is 5.19. The molecule has 176 valence electrons. The number of aromatic nitrogens is 2. The van der Waals surface area contributed by atoms with Crippen LogP contribution in [0.1, 0.15) is 42.3 Å². The van der Waals surface area contributed by atoms with E-state index in [1.807, 2.05) is 30.3 Å². The lowest BCUT2D eigenvalue weighted by Crippen LogP contribution is -2.35. The molecule has 10 heteroatoms.